The monoisotopic (exact) mass is 484 g/mol. The lowest BCUT2D eigenvalue weighted by Gasteiger charge is -2.34. The van der Waals surface area contributed by atoms with Crippen LogP contribution in [0.15, 0.2) is 53.4 Å². The van der Waals surface area contributed by atoms with Gasteiger partial charge >= 0.3 is 0 Å². The minimum Gasteiger partial charge on any atom is -0.493 e. The van der Waals surface area contributed by atoms with E-state index < -0.39 is 10.0 Å². The molecule has 0 unspecified atom stereocenters. The summed E-state index contributed by atoms with van der Waals surface area (Å²) in [6, 6.07) is 14.0. The summed E-state index contributed by atoms with van der Waals surface area (Å²) in [5, 5.41) is 8.72. The smallest absolute Gasteiger partial charge is 0.243 e. The van der Waals surface area contributed by atoms with E-state index in [4.69, 9.17) is 18.9 Å². The van der Waals surface area contributed by atoms with E-state index >= 15 is 0 Å². The van der Waals surface area contributed by atoms with Gasteiger partial charge in [0, 0.05) is 37.8 Å². The summed E-state index contributed by atoms with van der Waals surface area (Å²) in [6.07, 6.45) is 0. The third-order valence-electron chi connectivity index (χ3n) is 5.87. The number of aromatic nitrogens is 2. The molecule has 2 aliphatic heterocycles. The first-order valence-electron chi connectivity index (χ1n) is 10.7. The molecule has 3 aromatic rings. The van der Waals surface area contributed by atoms with Gasteiger partial charge in [-0.15, -0.1) is 10.2 Å². The van der Waals surface area contributed by atoms with Crippen LogP contribution >= 0.6 is 0 Å². The molecule has 0 N–H and O–H groups in total. The second-order valence-electron chi connectivity index (χ2n) is 7.75. The normalized spacial score (nSPS) is 15.9. The topological polar surface area (TPSA) is 103 Å². The van der Waals surface area contributed by atoms with Crippen LogP contribution in [0.25, 0.3) is 11.3 Å². The maximum Gasteiger partial charge on any atom is 0.243 e. The zero-order chi connectivity index (χ0) is 23.7. The molecule has 0 saturated carbocycles. The highest BCUT2D eigenvalue weighted by Crippen LogP contribution is 2.35. The Bertz CT molecular complexity index is 1290. The maximum absolute atomic E-state index is 13.1. The molecule has 2 aromatic carbocycles. The van der Waals surface area contributed by atoms with Crippen molar-refractivity contribution in [2.75, 3.05) is 52.1 Å². The molecule has 0 radical (unpaired) electrons. The first-order valence-corrected chi connectivity index (χ1v) is 12.1. The molecule has 2 aliphatic rings. The fourth-order valence-electron chi connectivity index (χ4n) is 3.99. The van der Waals surface area contributed by atoms with Gasteiger partial charge in [-0.2, -0.15) is 4.31 Å². The van der Waals surface area contributed by atoms with E-state index in [2.05, 4.69) is 10.2 Å². The number of benzene rings is 2. The summed E-state index contributed by atoms with van der Waals surface area (Å²) in [5.41, 5.74) is 1.60. The molecule has 1 aromatic heterocycles. The van der Waals surface area contributed by atoms with E-state index in [9.17, 15) is 8.42 Å². The van der Waals surface area contributed by atoms with Gasteiger partial charge in [-0.05, 0) is 42.5 Å². The lowest BCUT2D eigenvalue weighted by Crippen LogP contribution is -2.49. The fourth-order valence-corrected chi connectivity index (χ4v) is 5.43. The Morgan fingerprint density at radius 3 is 2.29 bits per heavy atom. The Balaban J connectivity index is 1.26. The zero-order valence-electron chi connectivity index (χ0n) is 18.8. The molecule has 0 atom stereocenters. The van der Waals surface area contributed by atoms with E-state index in [1.54, 1.807) is 6.07 Å². The molecule has 10 nitrogen and oxygen atoms in total. The van der Waals surface area contributed by atoms with Crippen molar-refractivity contribution in [1.82, 2.24) is 14.5 Å². The lowest BCUT2D eigenvalue weighted by atomic mass is 10.1. The molecule has 0 amide bonds. The van der Waals surface area contributed by atoms with Crippen molar-refractivity contribution in [2.45, 2.75) is 4.90 Å². The first kappa shape index (κ1) is 22.2. The highest BCUT2D eigenvalue weighted by Gasteiger charge is 2.30. The molecule has 0 spiro atoms. The van der Waals surface area contributed by atoms with Crippen molar-refractivity contribution in [3.05, 3.63) is 48.5 Å². The molecule has 1 saturated heterocycles. The van der Waals surface area contributed by atoms with Crippen molar-refractivity contribution in [3.63, 3.8) is 0 Å². The standard InChI is InChI=1S/C23H24N4O6S/c1-30-19-7-4-17(14-21(19)31-2)34(28,29)27-11-9-26(10-12-27)23-8-5-18(24-25-23)16-3-6-20-22(13-16)33-15-32-20/h3-8,13-14H,9-12,15H2,1-2H3. The van der Waals surface area contributed by atoms with Gasteiger partial charge in [-0.25, -0.2) is 8.42 Å². The molecule has 178 valence electrons. The van der Waals surface area contributed by atoms with Crippen LogP contribution in [0.4, 0.5) is 5.82 Å². The summed E-state index contributed by atoms with van der Waals surface area (Å²) >= 11 is 0. The van der Waals surface area contributed by atoms with Gasteiger partial charge < -0.3 is 23.8 Å². The summed E-state index contributed by atoms with van der Waals surface area (Å²) in [5.74, 6) is 2.96. The number of hydrogen-bond donors (Lipinski definition) is 0. The number of hydrogen-bond acceptors (Lipinski definition) is 9. The Labute approximate surface area is 197 Å². The van der Waals surface area contributed by atoms with Crippen LogP contribution in [-0.4, -0.2) is 70.1 Å². The number of fused-ring (bicyclic) bond motifs is 1. The van der Waals surface area contributed by atoms with Crippen LogP contribution in [0.5, 0.6) is 23.0 Å². The van der Waals surface area contributed by atoms with Gasteiger partial charge in [0.15, 0.2) is 28.8 Å². The van der Waals surface area contributed by atoms with Gasteiger partial charge in [-0.3, -0.25) is 0 Å². The van der Waals surface area contributed by atoms with Crippen LogP contribution in [-0.2, 0) is 10.0 Å². The number of nitrogens with zero attached hydrogens (tertiary/aromatic N) is 4. The van der Waals surface area contributed by atoms with E-state index in [0.717, 1.165) is 11.3 Å². The number of anilines is 1. The molecule has 11 heteroatoms. The Morgan fingerprint density at radius 2 is 1.59 bits per heavy atom. The van der Waals surface area contributed by atoms with Crippen LogP contribution in [0.2, 0.25) is 0 Å². The predicted octanol–water partition coefficient (Wildman–Crippen LogP) is 2.40. The van der Waals surface area contributed by atoms with Gasteiger partial charge in [0.25, 0.3) is 0 Å². The van der Waals surface area contributed by atoms with E-state index in [1.165, 1.54) is 30.7 Å². The van der Waals surface area contributed by atoms with Gasteiger partial charge in [0.05, 0.1) is 24.8 Å². The molecular weight excluding hydrogens is 460 g/mol. The van der Waals surface area contributed by atoms with Gasteiger partial charge in [-0.1, -0.05) is 0 Å². The minimum absolute atomic E-state index is 0.173. The van der Waals surface area contributed by atoms with Crippen molar-refractivity contribution in [2.24, 2.45) is 0 Å². The molecular formula is C23H24N4O6S. The second kappa shape index (κ2) is 8.99. The predicted molar refractivity (Wildman–Crippen MR) is 124 cm³/mol. The Kier molecular flexibility index (Phi) is 5.88. The number of sulfonamides is 1. The highest BCUT2D eigenvalue weighted by atomic mass is 32.2. The summed E-state index contributed by atoms with van der Waals surface area (Å²) in [4.78, 5) is 2.20. The van der Waals surface area contributed by atoms with Crippen LogP contribution in [0.1, 0.15) is 0 Å². The maximum atomic E-state index is 13.1. The van der Waals surface area contributed by atoms with Crippen molar-refractivity contribution >= 4 is 15.8 Å². The SMILES string of the molecule is COc1ccc(S(=O)(=O)N2CCN(c3ccc(-c4ccc5c(c4)OCO5)nn3)CC2)cc1OC. The zero-order valence-corrected chi connectivity index (χ0v) is 19.6. The van der Waals surface area contributed by atoms with Gasteiger partial charge in [0.1, 0.15) is 0 Å². The molecule has 0 aliphatic carbocycles. The average molecular weight is 485 g/mol. The highest BCUT2D eigenvalue weighted by molar-refractivity contribution is 7.89. The van der Waals surface area contributed by atoms with Crippen molar-refractivity contribution < 1.29 is 27.4 Å². The number of rotatable bonds is 6. The van der Waals surface area contributed by atoms with E-state index in [0.29, 0.717) is 55.0 Å². The number of ether oxygens (including phenoxy) is 4. The average Bonchev–Trinajstić information content (AvgIpc) is 3.36. The quantitative estimate of drug-likeness (QED) is 0.522. The lowest BCUT2D eigenvalue weighted by molar-refractivity contribution is 0.174. The summed E-state index contributed by atoms with van der Waals surface area (Å²) < 4.78 is 49.0. The van der Waals surface area contributed by atoms with E-state index in [1.807, 2.05) is 35.2 Å². The van der Waals surface area contributed by atoms with Gasteiger partial charge in [0.2, 0.25) is 16.8 Å². The third-order valence-corrected chi connectivity index (χ3v) is 7.77. The number of piperazine rings is 1. The van der Waals surface area contributed by atoms with Crippen molar-refractivity contribution in [3.8, 4) is 34.3 Å². The van der Waals surface area contributed by atoms with Crippen LogP contribution < -0.4 is 23.8 Å². The van der Waals surface area contributed by atoms with Crippen molar-refractivity contribution in [1.29, 1.82) is 0 Å². The van der Waals surface area contributed by atoms with Crippen LogP contribution in [0, 0.1) is 0 Å². The molecule has 1 fully saturated rings. The summed E-state index contributed by atoms with van der Waals surface area (Å²) in [7, 11) is -0.672. The third kappa shape index (κ3) is 4.08. The van der Waals surface area contributed by atoms with E-state index in [-0.39, 0.29) is 11.7 Å². The summed E-state index contributed by atoms with van der Waals surface area (Å²) in [6.45, 7) is 1.90. The largest absolute Gasteiger partial charge is 0.493 e. The number of methoxy groups -OCH3 is 2. The minimum atomic E-state index is -3.66. The molecule has 3 heterocycles. The fraction of sp³-hybridized carbons (Fsp3) is 0.304. The Hall–Kier alpha value is -3.57. The first-order chi connectivity index (χ1) is 16.5. The Morgan fingerprint density at radius 1 is 0.824 bits per heavy atom. The molecule has 5 rings (SSSR count). The van der Waals surface area contributed by atoms with Crippen LogP contribution in [0.3, 0.4) is 0 Å². The molecule has 0 bridgehead atoms. The molecule has 34 heavy (non-hydrogen) atoms. The second-order valence-corrected chi connectivity index (χ2v) is 9.69.